The molecule has 2 aromatic rings. The molecule has 0 unspecified atom stereocenters. The number of hydrogen-bond acceptors (Lipinski definition) is 7. The summed E-state index contributed by atoms with van der Waals surface area (Å²) in [5.74, 6) is -1.46. The van der Waals surface area contributed by atoms with Crippen LogP contribution in [0.4, 0.5) is 0 Å². The summed E-state index contributed by atoms with van der Waals surface area (Å²) in [7, 11) is 1.26. The van der Waals surface area contributed by atoms with Gasteiger partial charge >= 0.3 is 5.97 Å². The number of esters is 1. The van der Waals surface area contributed by atoms with Gasteiger partial charge in [-0.1, -0.05) is 48.5 Å². The Morgan fingerprint density at radius 3 is 2.21 bits per heavy atom. The van der Waals surface area contributed by atoms with Crippen molar-refractivity contribution < 1.29 is 28.9 Å². The van der Waals surface area contributed by atoms with Crippen LogP contribution in [-0.2, 0) is 14.2 Å². The number of methoxy groups -OCH3 is 1. The first kappa shape index (κ1) is 19.7. The third-order valence-electron chi connectivity index (χ3n) is 4.58. The molecule has 1 aliphatic rings. The zero-order chi connectivity index (χ0) is 20.1. The van der Waals surface area contributed by atoms with Crippen LogP contribution >= 0.6 is 0 Å². The van der Waals surface area contributed by atoms with Crippen molar-refractivity contribution >= 4 is 11.8 Å². The first-order valence-electron chi connectivity index (χ1n) is 8.65. The summed E-state index contributed by atoms with van der Waals surface area (Å²) in [5.41, 5.74) is -1.86. The number of nitriles is 1. The summed E-state index contributed by atoms with van der Waals surface area (Å²) in [4.78, 5) is 25.7. The zero-order valence-electron chi connectivity index (χ0n) is 15.1. The number of ketones is 1. The zero-order valence-corrected chi connectivity index (χ0v) is 15.1. The van der Waals surface area contributed by atoms with Gasteiger partial charge in [0.05, 0.1) is 18.1 Å². The maximum Gasteiger partial charge on any atom is 0.338 e. The largest absolute Gasteiger partial charge is 0.452 e. The molecule has 144 valence electrons. The summed E-state index contributed by atoms with van der Waals surface area (Å²) in [6.07, 6.45) is -4.04. The summed E-state index contributed by atoms with van der Waals surface area (Å²) in [6, 6.07) is 18.1. The van der Waals surface area contributed by atoms with Crippen molar-refractivity contribution in [3.8, 4) is 6.07 Å². The highest BCUT2D eigenvalue weighted by molar-refractivity contribution is 6.04. The molecule has 0 bridgehead atoms. The van der Waals surface area contributed by atoms with Crippen molar-refractivity contribution in [1.82, 2.24) is 0 Å². The molecule has 28 heavy (non-hydrogen) atoms. The van der Waals surface area contributed by atoms with Gasteiger partial charge < -0.3 is 19.3 Å². The van der Waals surface area contributed by atoms with Crippen molar-refractivity contribution in [3.05, 3.63) is 71.8 Å². The molecular weight excluding hydrogens is 362 g/mol. The van der Waals surface area contributed by atoms with Gasteiger partial charge in [0, 0.05) is 12.7 Å². The smallest absolute Gasteiger partial charge is 0.338 e. The molecule has 4 atom stereocenters. The fraction of sp³-hybridized carbons (Fsp3) is 0.286. The first-order valence-corrected chi connectivity index (χ1v) is 8.65. The van der Waals surface area contributed by atoms with E-state index >= 15 is 0 Å². The van der Waals surface area contributed by atoms with Crippen LogP contribution in [0.5, 0.6) is 0 Å². The summed E-state index contributed by atoms with van der Waals surface area (Å²) >= 11 is 0. The van der Waals surface area contributed by atoms with Crippen molar-refractivity contribution in [2.75, 3.05) is 7.11 Å². The predicted octanol–water partition coefficient (Wildman–Crippen LogP) is 2.11. The monoisotopic (exact) mass is 381 g/mol. The molecule has 0 aromatic heterocycles. The van der Waals surface area contributed by atoms with Crippen LogP contribution in [-0.4, -0.2) is 48.1 Å². The molecule has 0 spiro atoms. The number of benzene rings is 2. The van der Waals surface area contributed by atoms with Gasteiger partial charge in [0.1, 0.15) is 6.10 Å². The Hall–Kier alpha value is -3.05. The molecule has 7 nitrogen and oxygen atoms in total. The van der Waals surface area contributed by atoms with E-state index in [1.165, 1.54) is 19.2 Å². The molecule has 3 rings (SSSR count). The Labute approximate surface area is 162 Å². The van der Waals surface area contributed by atoms with E-state index in [1.807, 2.05) is 6.07 Å². The fourth-order valence-electron chi connectivity index (χ4n) is 3.21. The van der Waals surface area contributed by atoms with Crippen LogP contribution in [0.25, 0.3) is 0 Å². The van der Waals surface area contributed by atoms with Crippen LogP contribution < -0.4 is 0 Å². The standard InChI is InChI=1S/C21H19NO6/c1-26-20-21(25,17(23)14-8-4-2-5-9-14)18(16(27-20)12-13-22)28-19(24)15-10-6-3-7-11-15/h2-11,16,18,20,25H,12H2,1H3/t16-,18-,20-,21-/m1/s1. The number of carbonyl (C=O) groups excluding carboxylic acids is 2. The van der Waals surface area contributed by atoms with Crippen molar-refractivity contribution in [2.45, 2.75) is 30.5 Å². The third kappa shape index (κ3) is 3.53. The number of nitrogens with zero attached hydrogens (tertiary/aromatic N) is 1. The molecule has 1 aliphatic heterocycles. The summed E-state index contributed by atoms with van der Waals surface area (Å²) in [5, 5.41) is 20.4. The Kier molecular flexibility index (Phi) is 5.85. The molecule has 0 aliphatic carbocycles. The van der Waals surface area contributed by atoms with Gasteiger partial charge in [0.15, 0.2) is 12.4 Å². The van der Waals surface area contributed by atoms with E-state index in [1.54, 1.807) is 48.5 Å². The van der Waals surface area contributed by atoms with Gasteiger partial charge in [0.25, 0.3) is 0 Å². The number of hydrogen-bond donors (Lipinski definition) is 1. The second-order valence-corrected chi connectivity index (χ2v) is 6.32. The molecule has 1 saturated heterocycles. The van der Waals surface area contributed by atoms with E-state index in [9.17, 15) is 14.7 Å². The van der Waals surface area contributed by atoms with Crippen molar-refractivity contribution in [3.63, 3.8) is 0 Å². The van der Waals surface area contributed by atoms with E-state index in [4.69, 9.17) is 19.5 Å². The maximum atomic E-state index is 13.1. The van der Waals surface area contributed by atoms with E-state index in [0.29, 0.717) is 0 Å². The number of aliphatic hydroxyl groups is 1. The van der Waals surface area contributed by atoms with Gasteiger partial charge in [-0.2, -0.15) is 5.26 Å². The lowest BCUT2D eigenvalue weighted by Crippen LogP contribution is -2.56. The molecule has 1 fully saturated rings. The number of rotatable bonds is 6. The van der Waals surface area contributed by atoms with Crippen LogP contribution in [0.3, 0.4) is 0 Å². The minimum Gasteiger partial charge on any atom is -0.452 e. The summed E-state index contributed by atoms with van der Waals surface area (Å²) < 4.78 is 16.2. The second kappa shape index (κ2) is 8.31. The highest BCUT2D eigenvalue weighted by Crippen LogP contribution is 2.38. The second-order valence-electron chi connectivity index (χ2n) is 6.32. The van der Waals surface area contributed by atoms with E-state index in [-0.39, 0.29) is 17.5 Å². The minimum absolute atomic E-state index is 0.197. The van der Waals surface area contributed by atoms with E-state index < -0.39 is 35.9 Å². The van der Waals surface area contributed by atoms with Crippen LogP contribution in [0.1, 0.15) is 27.1 Å². The average molecular weight is 381 g/mol. The molecule has 1 heterocycles. The lowest BCUT2D eigenvalue weighted by molar-refractivity contribution is -0.173. The van der Waals surface area contributed by atoms with Crippen LogP contribution in [0.15, 0.2) is 60.7 Å². The fourth-order valence-corrected chi connectivity index (χ4v) is 3.21. The molecule has 0 amide bonds. The van der Waals surface area contributed by atoms with Crippen LogP contribution in [0.2, 0.25) is 0 Å². The highest BCUT2D eigenvalue weighted by Gasteiger charge is 2.63. The Morgan fingerprint density at radius 2 is 1.68 bits per heavy atom. The normalized spacial score (nSPS) is 26.4. The number of carbonyl (C=O) groups is 2. The van der Waals surface area contributed by atoms with Gasteiger partial charge in [-0.05, 0) is 12.1 Å². The molecule has 0 saturated carbocycles. The van der Waals surface area contributed by atoms with Crippen molar-refractivity contribution in [1.29, 1.82) is 5.26 Å². The lowest BCUT2D eigenvalue weighted by atomic mass is 9.85. The highest BCUT2D eigenvalue weighted by atomic mass is 16.7. The number of Topliss-reactive ketones (excluding diaryl/α,β-unsaturated/α-hetero) is 1. The molecule has 2 aromatic carbocycles. The van der Waals surface area contributed by atoms with E-state index in [2.05, 4.69) is 0 Å². The Bertz CT molecular complexity index is 879. The average Bonchev–Trinajstić information content (AvgIpc) is 3.01. The lowest BCUT2D eigenvalue weighted by Gasteiger charge is -2.31. The van der Waals surface area contributed by atoms with Crippen LogP contribution in [0, 0.1) is 11.3 Å². The van der Waals surface area contributed by atoms with Gasteiger partial charge in [-0.15, -0.1) is 0 Å². The predicted molar refractivity (Wildman–Crippen MR) is 97.3 cm³/mol. The molecule has 0 radical (unpaired) electrons. The van der Waals surface area contributed by atoms with Gasteiger partial charge in [0.2, 0.25) is 11.4 Å². The minimum atomic E-state index is -2.30. The Balaban J connectivity index is 1.99. The summed E-state index contributed by atoms with van der Waals surface area (Å²) in [6.45, 7) is 0. The topological polar surface area (TPSA) is 106 Å². The first-order chi connectivity index (χ1) is 13.5. The van der Waals surface area contributed by atoms with Gasteiger partial charge in [-0.3, -0.25) is 4.79 Å². The van der Waals surface area contributed by atoms with Gasteiger partial charge in [-0.25, -0.2) is 4.79 Å². The maximum absolute atomic E-state index is 13.1. The molecular formula is C21H19NO6. The SMILES string of the molecule is CO[C@@H]1O[C@H](CC#N)[C@@H](OC(=O)c2ccccc2)[C@]1(O)C(=O)c1ccccc1. The quantitative estimate of drug-likeness (QED) is 0.603. The molecule has 1 N–H and O–H groups in total. The van der Waals surface area contributed by atoms with E-state index in [0.717, 1.165) is 0 Å². The third-order valence-corrected chi connectivity index (χ3v) is 4.58. The molecule has 7 heteroatoms. The number of ether oxygens (including phenoxy) is 3. The van der Waals surface area contributed by atoms with Crippen molar-refractivity contribution in [2.24, 2.45) is 0 Å². The Morgan fingerprint density at radius 1 is 1.11 bits per heavy atom.